The molecule has 0 aromatic carbocycles. The van der Waals surface area contributed by atoms with Crippen LogP contribution in [0.4, 0.5) is 0 Å². The van der Waals surface area contributed by atoms with Gasteiger partial charge in [0.2, 0.25) is 5.91 Å². The van der Waals surface area contributed by atoms with Crippen LogP contribution in [0, 0.1) is 0 Å². The van der Waals surface area contributed by atoms with E-state index in [-0.39, 0.29) is 5.91 Å². The lowest BCUT2D eigenvalue weighted by Crippen LogP contribution is -2.36. The van der Waals surface area contributed by atoms with Gasteiger partial charge in [-0.15, -0.1) is 0 Å². The van der Waals surface area contributed by atoms with Gasteiger partial charge in [0.1, 0.15) is 0 Å². The monoisotopic (exact) mass is 246 g/mol. The smallest absolute Gasteiger partial charge is 0.219 e. The van der Waals surface area contributed by atoms with Crippen molar-refractivity contribution in [1.82, 2.24) is 10.2 Å². The summed E-state index contributed by atoms with van der Waals surface area (Å²) >= 11 is 0. The average Bonchev–Trinajstić information content (AvgIpc) is 2.38. The van der Waals surface area contributed by atoms with Crippen molar-refractivity contribution in [2.45, 2.75) is 61.3 Å². The molecule has 0 atom stereocenters. The van der Waals surface area contributed by atoms with Gasteiger partial charge in [-0.3, -0.25) is 4.79 Å². The van der Waals surface area contributed by atoms with Crippen molar-refractivity contribution in [3.8, 4) is 0 Å². The van der Waals surface area contributed by atoms with E-state index in [2.05, 4.69) is 19.2 Å². The minimum atomic E-state index is 0.186. The van der Waals surface area contributed by atoms with Crippen LogP contribution in [0.15, 0.2) is 0 Å². The molecule has 17 heavy (non-hydrogen) atoms. The van der Waals surface area contributed by atoms with E-state index in [1.54, 1.807) is 6.92 Å². The molecule has 0 aromatic rings. The van der Waals surface area contributed by atoms with Gasteiger partial charge in [0.15, 0.2) is 0 Å². The first-order valence-electron chi connectivity index (χ1n) is 7.18. The van der Waals surface area contributed by atoms with E-state index in [9.17, 15) is 4.79 Å². The summed E-state index contributed by atoms with van der Waals surface area (Å²) in [5.74, 6) is 0.186. The Balaban J connectivity index is -0.000000439. The number of hydrogen-bond acceptors (Lipinski definition) is 2. The Bertz CT molecular complexity index is 138. The molecule has 0 saturated heterocycles. The fraction of sp³-hybridized carbons (Fsp3) is 0.929. The fourth-order valence-electron chi connectivity index (χ4n) is 1.17. The zero-order valence-corrected chi connectivity index (χ0v) is 13.1. The second-order valence-corrected chi connectivity index (χ2v) is 3.21. The third-order valence-corrected chi connectivity index (χ3v) is 2.04. The maximum atomic E-state index is 11.1. The molecule has 0 aliphatic carbocycles. The number of rotatable bonds is 7. The lowest BCUT2D eigenvalue weighted by atomic mass is 10.3. The van der Waals surface area contributed by atoms with E-state index >= 15 is 0 Å². The van der Waals surface area contributed by atoms with E-state index in [1.807, 2.05) is 32.6 Å². The van der Waals surface area contributed by atoms with Crippen molar-refractivity contribution >= 4 is 5.91 Å². The zero-order chi connectivity index (χ0) is 14.1. The molecule has 106 valence electrons. The third-order valence-electron chi connectivity index (χ3n) is 2.04. The zero-order valence-electron chi connectivity index (χ0n) is 13.1. The van der Waals surface area contributed by atoms with E-state index < -0.39 is 0 Å². The molecule has 0 aliphatic heterocycles. The summed E-state index contributed by atoms with van der Waals surface area (Å²) in [7, 11) is 0. The summed E-state index contributed by atoms with van der Waals surface area (Å²) in [4.78, 5) is 13.1. The summed E-state index contributed by atoms with van der Waals surface area (Å²) in [6.07, 6.45) is 2.25. The standard InChI is InChI=1S/C10H22N2O.2C2H6/c1-4-6-8-12(10(3)13)9-7-11-5-2;2*1-2/h11H,4-9H2,1-3H3;2*1-2H3. The predicted molar refractivity (Wildman–Crippen MR) is 78.4 cm³/mol. The van der Waals surface area contributed by atoms with Crippen molar-refractivity contribution < 1.29 is 4.79 Å². The lowest BCUT2D eigenvalue weighted by molar-refractivity contribution is -0.128. The van der Waals surface area contributed by atoms with Gasteiger partial charge in [-0.25, -0.2) is 0 Å². The lowest BCUT2D eigenvalue weighted by Gasteiger charge is -2.20. The Hall–Kier alpha value is -0.570. The summed E-state index contributed by atoms with van der Waals surface area (Å²) in [6.45, 7) is 17.5. The first-order valence-corrected chi connectivity index (χ1v) is 7.18. The second-order valence-electron chi connectivity index (χ2n) is 3.21. The van der Waals surface area contributed by atoms with Crippen molar-refractivity contribution in [2.75, 3.05) is 26.2 Å². The molecule has 0 rings (SSSR count). The first-order chi connectivity index (χ1) is 8.22. The van der Waals surface area contributed by atoms with Gasteiger partial charge in [-0.1, -0.05) is 48.0 Å². The third kappa shape index (κ3) is 18.0. The first kappa shape index (κ1) is 21.7. The summed E-state index contributed by atoms with van der Waals surface area (Å²) in [5.41, 5.74) is 0. The largest absolute Gasteiger partial charge is 0.342 e. The van der Waals surface area contributed by atoms with Crippen molar-refractivity contribution in [3.05, 3.63) is 0 Å². The molecule has 0 bridgehead atoms. The highest BCUT2D eigenvalue weighted by molar-refractivity contribution is 5.73. The number of likely N-dealkylation sites (N-methyl/N-ethyl adjacent to an activating group) is 1. The Morgan fingerprint density at radius 3 is 1.94 bits per heavy atom. The van der Waals surface area contributed by atoms with Gasteiger partial charge in [0.25, 0.3) is 0 Å². The minimum absolute atomic E-state index is 0.186. The van der Waals surface area contributed by atoms with Crippen LogP contribution < -0.4 is 5.32 Å². The normalized spacial score (nSPS) is 8.41. The highest BCUT2D eigenvalue weighted by Crippen LogP contribution is 1.94. The van der Waals surface area contributed by atoms with E-state index in [1.165, 1.54) is 0 Å². The molecule has 1 N–H and O–H groups in total. The Morgan fingerprint density at radius 2 is 1.59 bits per heavy atom. The number of carbonyl (C=O) groups excluding carboxylic acids is 1. The number of nitrogens with one attached hydrogen (secondary N) is 1. The SMILES string of the molecule is CC.CC.CCCCN(CCNCC)C(C)=O. The molecule has 0 aliphatic rings. The van der Waals surface area contributed by atoms with Crippen molar-refractivity contribution in [1.29, 1.82) is 0 Å². The van der Waals surface area contributed by atoms with Crippen LogP contribution in [-0.4, -0.2) is 37.0 Å². The minimum Gasteiger partial charge on any atom is -0.342 e. The highest BCUT2D eigenvalue weighted by Gasteiger charge is 2.05. The average molecular weight is 246 g/mol. The Morgan fingerprint density at radius 1 is 1.06 bits per heavy atom. The topological polar surface area (TPSA) is 32.3 Å². The molecule has 0 radical (unpaired) electrons. The quantitative estimate of drug-likeness (QED) is 0.699. The van der Waals surface area contributed by atoms with E-state index in [4.69, 9.17) is 0 Å². The molecule has 0 fully saturated rings. The van der Waals surface area contributed by atoms with Gasteiger partial charge < -0.3 is 10.2 Å². The molecule has 0 saturated carbocycles. The molecule has 1 amide bonds. The predicted octanol–water partition coefficient (Wildman–Crippen LogP) is 3.30. The van der Waals surface area contributed by atoms with Gasteiger partial charge in [-0.2, -0.15) is 0 Å². The van der Waals surface area contributed by atoms with Crippen LogP contribution >= 0.6 is 0 Å². The fourth-order valence-corrected chi connectivity index (χ4v) is 1.17. The maximum Gasteiger partial charge on any atom is 0.219 e. The van der Waals surface area contributed by atoms with Gasteiger partial charge >= 0.3 is 0 Å². The molecule has 0 spiro atoms. The van der Waals surface area contributed by atoms with Gasteiger partial charge in [-0.05, 0) is 13.0 Å². The number of hydrogen-bond donors (Lipinski definition) is 1. The van der Waals surface area contributed by atoms with Crippen LogP contribution in [0.1, 0.15) is 61.3 Å². The molecular weight excluding hydrogens is 212 g/mol. The van der Waals surface area contributed by atoms with E-state index in [0.29, 0.717) is 0 Å². The number of unbranched alkanes of at least 4 members (excludes halogenated alkanes) is 1. The van der Waals surface area contributed by atoms with Crippen LogP contribution in [0.25, 0.3) is 0 Å². The van der Waals surface area contributed by atoms with Crippen molar-refractivity contribution in [3.63, 3.8) is 0 Å². The van der Waals surface area contributed by atoms with Gasteiger partial charge in [0, 0.05) is 26.6 Å². The van der Waals surface area contributed by atoms with Gasteiger partial charge in [0.05, 0.1) is 0 Å². The number of amides is 1. The molecule has 0 unspecified atom stereocenters. The molecule has 3 nitrogen and oxygen atoms in total. The Labute approximate surface area is 109 Å². The number of nitrogens with zero attached hydrogens (tertiary/aromatic N) is 1. The molecule has 0 heterocycles. The Kier molecular flexibility index (Phi) is 26.5. The molecule has 0 aromatic heterocycles. The number of carbonyl (C=O) groups is 1. The highest BCUT2D eigenvalue weighted by atomic mass is 16.2. The van der Waals surface area contributed by atoms with Crippen LogP contribution in [-0.2, 0) is 4.79 Å². The summed E-state index contributed by atoms with van der Waals surface area (Å²) < 4.78 is 0. The molecular formula is C14H34N2O. The second kappa shape index (κ2) is 20.8. The summed E-state index contributed by atoms with van der Waals surface area (Å²) in [6, 6.07) is 0. The van der Waals surface area contributed by atoms with Crippen LogP contribution in [0.3, 0.4) is 0 Å². The maximum absolute atomic E-state index is 11.1. The molecule has 3 heteroatoms. The summed E-state index contributed by atoms with van der Waals surface area (Å²) in [5, 5.41) is 3.22. The van der Waals surface area contributed by atoms with E-state index in [0.717, 1.165) is 39.0 Å². The van der Waals surface area contributed by atoms with Crippen molar-refractivity contribution in [2.24, 2.45) is 0 Å². The van der Waals surface area contributed by atoms with Crippen LogP contribution in [0.5, 0.6) is 0 Å². The van der Waals surface area contributed by atoms with Crippen LogP contribution in [0.2, 0.25) is 0 Å².